The molecule has 0 aliphatic carbocycles. The Morgan fingerprint density at radius 2 is 2.17 bits per heavy atom. The van der Waals surface area contributed by atoms with E-state index in [1.54, 1.807) is 0 Å². The van der Waals surface area contributed by atoms with Gasteiger partial charge in [0.15, 0.2) is 0 Å². The second kappa shape index (κ2) is 5.11. The van der Waals surface area contributed by atoms with Crippen LogP contribution in [0.3, 0.4) is 0 Å². The Balaban J connectivity index is 2.18. The van der Waals surface area contributed by atoms with Gasteiger partial charge in [0.05, 0.1) is 0 Å². The van der Waals surface area contributed by atoms with Gasteiger partial charge in [-0.05, 0) is 36.4 Å². The molecule has 3 nitrogen and oxygen atoms in total. The topological polar surface area (TPSA) is 46.3 Å². The van der Waals surface area contributed by atoms with Crippen LogP contribution < -0.4 is 5.73 Å². The molecule has 0 saturated carbocycles. The lowest BCUT2D eigenvalue weighted by atomic mass is 9.90. The quantitative estimate of drug-likeness (QED) is 0.887. The van der Waals surface area contributed by atoms with Gasteiger partial charge in [0.25, 0.3) is 5.91 Å². The summed E-state index contributed by atoms with van der Waals surface area (Å²) in [5.41, 5.74) is 7.86. The van der Waals surface area contributed by atoms with E-state index in [4.69, 9.17) is 5.73 Å². The highest BCUT2D eigenvalue weighted by molar-refractivity contribution is 5.95. The first-order valence-electron chi connectivity index (χ1n) is 6.67. The fourth-order valence-electron chi connectivity index (χ4n) is 2.57. The zero-order valence-corrected chi connectivity index (χ0v) is 11.3. The van der Waals surface area contributed by atoms with Gasteiger partial charge in [0.2, 0.25) is 0 Å². The number of benzene rings is 1. The van der Waals surface area contributed by atoms with Crippen LogP contribution in [-0.2, 0) is 6.42 Å². The van der Waals surface area contributed by atoms with Gasteiger partial charge in [-0.2, -0.15) is 0 Å². The predicted molar refractivity (Wildman–Crippen MR) is 73.5 cm³/mol. The van der Waals surface area contributed by atoms with Gasteiger partial charge in [-0.3, -0.25) is 4.79 Å². The molecule has 1 aliphatic heterocycles. The lowest BCUT2D eigenvalue weighted by Crippen LogP contribution is -2.34. The van der Waals surface area contributed by atoms with Crippen molar-refractivity contribution in [3.8, 4) is 0 Å². The lowest BCUT2D eigenvalue weighted by molar-refractivity contribution is 0.0776. The van der Waals surface area contributed by atoms with E-state index in [1.165, 1.54) is 0 Å². The van der Waals surface area contributed by atoms with Crippen molar-refractivity contribution < 1.29 is 4.79 Å². The highest BCUT2D eigenvalue weighted by Gasteiger charge is 2.35. The number of hydrogen-bond donors (Lipinski definition) is 1. The van der Waals surface area contributed by atoms with E-state index in [0.717, 1.165) is 37.1 Å². The molecule has 1 heterocycles. The summed E-state index contributed by atoms with van der Waals surface area (Å²) >= 11 is 0. The maximum Gasteiger partial charge on any atom is 0.254 e. The molecule has 1 atom stereocenters. The third kappa shape index (κ3) is 2.41. The third-order valence-corrected chi connectivity index (χ3v) is 3.97. The normalized spacial score (nSPS) is 23.4. The van der Waals surface area contributed by atoms with Gasteiger partial charge in [-0.1, -0.05) is 32.0 Å². The van der Waals surface area contributed by atoms with Crippen molar-refractivity contribution in [1.29, 1.82) is 0 Å². The second-order valence-electron chi connectivity index (χ2n) is 5.50. The fourth-order valence-corrected chi connectivity index (χ4v) is 2.57. The molecule has 1 fully saturated rings. The van der Waals surface area contributed by atoms with E-state index in [2.05, 4.69) is 13.8 Å². The van der Waals surface area contributed by atoms with E-state index in [-0.39, 0.29) is 11.3 Å². The van der Waals surface area contributed by atoms with Crippen molar-refractivity contribution >= 4 is 5.91 Å². The molecule has 98 valence electrons. The lowest BCUT2D eigenvalue weighted by Gasteiger charge is -2.23. The Morgan fingerprint density at radius 1 is 1.44 bits per heavy atom. The average molecular weight is 246 g/mol. The van der Waals surface area contributed by atoms with Crippen LogP contribution in [0.5, 0.6) is 0 Å². The first-order valence-corrected chi connectivity index (χ1v) is 6.67. The highest BCUT2D eigenvalue weighted by atomic mass is 16.2. The number of amides is 1. The summed E-state index contributed by atoms with van der Waals surface area (Å²) in [7, 11) is 0. The average Bonchev–Trinajstić information content (AvgIpc) is 2.81. The van der Waals surface area contributed by atoms with E-state index >= 15 is 0 Å². The third-order valence-electron chi connectivity index (χ3n) is 3.97. The molecule has 2 rings (SSSR count). The number of rotatable bonds is 3. The highest BCUT2D eigenvalue weighted by Crippen LogP contribution is 2.29. The van der Waals surface area contributed by atoms with Crippen molar-refractivity contribution in [2.45, 2.75) is 26.7 Å². The number of likely N-dealkylation sites (tertiary alicyclic amines) is 1. The van der Waals surface area contributed by atoms with Crippen LogP contribution in [0.2, 0.25) is 0 Å². The standard InChI is InChI=1S/C15H22N2O/c1-3-12-6-4-5-7-13(12)14(18)17-9-8-15(2,10-16)11-17/h4-7H,3,8-11,16H2,1-2H3. The largest absolute Gasteiger partial charge is 0.338 e. The maximum atomic E-state index is 12.5. The molecule has 0 radical (unpaired) electrons. The van der Waals surface area contributed by atoms with Crippen molar-refractivity contribution in [2.24, 2.45) is 11.1 Å². The van der Waals surface area contributed by atoms with Crippen molar-refractivity contribution in [3.63, 3.8) is 0 Å². The molecular formula is C15H22N2O. The van der Waals surface area contributed by atoms with E-state index in [1.807, 2.05) is 29.2 Å². The van der Waals surface area contributed by atoms with Crippen LogP contribution in [-0.4, -0.2) is 30.4 Å². The fraction of sp³-hybridized carbons (Fsp3) is 0.533. The van der Waals surface area contributed by atoms with Crippen LogP contribution in [0, 0.1) is 5.41 Å². The predicted octanol–water partition coefficient (Wildman–Crippen LogP) is 2.06. The summed E-state index contributed by atoms with van der Waals surface area (Å²) in [6.45, 7) is 6.49. The van der Waals surface area contributed by atoms with Gasteiger partial charge in [0, 0.05) is 18.7 Å². The molecule has 0 aromatic heterocycles. The zero-order chi connectivity index (χ0) is 13.2. The molecule has 0 spiro atoms. The Morgan fingerprint density at radius 3 is 2.78 bits per heavy atom. The summed E-state index contributed by atoms with van der Waals surface area (Å²) in [5, 5.41) is 0. The van der Waals surface area contributed by atoms with Gasteiger partial charge < -0.3 is 10.6 Å². The second-order valence-corrected chi connectivity index (χ2v) is 5.50. The smallest absolute Gasteiger partial charge is 0.254 e. The number of nitrogens with zero attached hydrogens (tertiary/aromatic N) is 1. The van der Waals surface area contributed by atoms with Gasteiger partial charge >= 0.3 is 0 Å². The van der Waals surface area contributed by atoms with Gasteiger partial charge in [-0.15, -0.1) is 0 Å². The van der Waals surface area contributed by atoms with Crippen LogP contribution in [0.25, 0.3) is 0 Å². The van der Waals surface area contributed by atoms with E-state index in [9.17, 15) is 4.79 Å². The Hall–Kier alpha value is -1.35. The van der Waals surface area contributed by atoms with Crippen molar-refractivity contribution in [3.05, 3.63) is 35.4 Å². The molecule has 0 bridgehead atoms. The Labute approximate surface area is 109 Å². The minimum absolute atomic E-state index is 0.0941. The number of nitrogens with two attached hydrogens (primary N) is 1. The summed E-state index contributed by atoms with van der Waals surface area (Å²) < 4.78 is 0. The molecule has 1 aromatic carbocycles. The molecule has 3 heteroatoms. The molecule has 1 aromatic rings. The molecule has 1 aliphatic rings. The maximum absolute atomic E-state index is 12.5. The van der Waals surface area contributed by atoms with Gasteiger partial charge in [0.1, 0.15) is 0 Å². The molecule has 18 heavy (non-hydrogen) atoms. The van der Waals surface area contributed by atoms with Crippen LogP contribution in [0.15, 0.2) is 24.3 Å². The summed E-state index contributed by atoms with van der Waals surface area (Å²) in [5.74, 6) is 0.157. The van der Waals surface area contributed by atoms with Crippen molar-refractivity contribution in [2.75, 3.05) is 19.6 Å². The number of carbonyl (C=O) groups excluding carboxylic acids is 1. The Kier molecular flexibility index (Phi) is 3.71. The molecular weight excluding hydrogens is 224 g/mol. The minimum atomic E-state index is 0.0941. The number of carbonyl (C=O) groups is 1. The number of aryl methyl sites for hydroxylation is 1. The minimum Gasteiger partial charge on any atom is -0.338 e. The van der Waals surface area contributed by atoms with Crippen molar-refractivity contribution in [1.82, 2.24) is 4.90 Å². The van der Waals surface area contributed by atoms with E-state index in [0.29, 0.717) is 6.54 Å². The van der Waals surface area contributed by atoms with Crippen LogP contribution >= 0.6 is 0 Å². The Bertz CT molecular complexity index is 444. The zero-order valence-electron chi connectivity index (χ0n) is 11.3. The first-order chi connectivity index (χ1) is 8.59. The molecule has 2 N–H and O–H groups in total. The first kappa shape index (κ1) is 13.1. The molecule has 1 saturated heterocycles. The van der Waals surface area contributed by atoms with Crippen LogP contribution in [0.1, 0.15) is 36.2 Å². The summed E-state index contributed by atoms with van der Waals surface area (Å²) in [4.78, 5) is 14.5. The summed E-state index contributed by atoms with van der Waals surface area (Å²) in [6.07, 6.45) is 1.90. The van der Waals surface area contributed by atoms with E-state index < -0.39 is 0 Å². The summed E-state index contributed by atoms with van der Waals surface area (Å²) in [6, 6.07) is 7.89. The number of hydrogen-bond acceptors (Lipinski definition) is 2. The van der Waals surface area contributed by atoms with Crippen LogP contribution in [0.4, 0.5) is 0 Å². The molecule has 1 amide bonds. The molecule has 1 unspecified atom stereocenters. The SMILES string of the molecule is CCc1ccccc1C(=O)N1CCC(C)(CN)C1. The van der Waals surface area contributed by atoms with Gasteiger partial charge in [-0.25, -0.2) is 0 Å². The monoisotopic (exact) mass is 246 g/mol.